The van der Waals surface area contributed by atoms with Gasteiger partial charge in [-0.2, -0.15) is 0 Å². The van der Waals surface area contributed by atoms with Gasteiger partial charge in [-0.05, 0) is 30.5 Å². The molecular weight excluding hydrogens is 494 g/mol. The van der Waals surface area contributed by atoms with Crippen LogP contribution in [0.5, 0.6) is 0 Å². The molecule has 1 unspecified atom stereocenters. The first-order valence-corrected chi connectivity index (χ1v) is 12.4. The Bertz CT molecular complexity index is 1140. The highest BCUT2D eigenvalue weighted by atomic mass is 79.9. The third-order valence-corrected chi connectivity index (χ3v) is 6.40. The van der Waals surface area contributed by atoms with Crippen molar-refractivity contribution in [3.05, 3.63) is 100 Å². The molecule has 7 heteroatoms. The van der Waals surface area contributed by atoms with Crippen LogP contribution < -0.4 is 0 Å². The Morgan fingerprint density at radius 3 is 2.50 bits per heavy atom. The van der Waals surface area contributed by atoms with E-state index < -0.39 is 6.04 Å². The first-order valence-electron chi connectivity index (χ1n) is 11.6. The average Bonchev–Trinajstić information content (AvgIpc) is 3.47. The van der Waals surface area contributed by atoms with E-state index in [1.54, 1.807) is 29.6 Å². The van der Waals surface area contributed by atoms with E-state index in [0.717, 1.165) is 35.8 Å². The van der Waals surface area contributed by atoms with Gasteiger partial charge in [-0.15, -0.1) is 0 Å². The molecule has 2 heterocycles. The number of ketones is 1. The van der Waals surface area contributed by atoms with Crippen molar-refractivity contribution in [2.75, 3.05) is 13.2 Å². The second-order valence-corrected chi connectivity index (χ2v) is 9.16. The molecule has 0 saturated carbocycles. The quantitative estimate of drug-likeness (QED) is 0.244. The minimum atomic E-state index is -0.507. The van der Waals surface area contributed by atoms with Crippen LogP contribution in [0.25, 0.3) is 0 Å². The van der Waals surface area contributed by atoms with E-state index in [4.69, 9.17) is 4.74 Å². The molecule has 1 amide bonds. The van der Waals surface area contributed by atoms with Crippen molar-refractivity contribution in [2.45, 2.75) is 38.8 Å². The fourth-order valence-electron chi connectivity index (χ4n) is 4.14. The zero-order valence-electron chi connectivity index (χ0n) is 19.2. The van der Waals surface area contributed by atoms with Crippen LogP contribution in [-0.4, -0.2) is 39.3 Å². The summed E-state index contributed by atoms with van der Waals surface area (Å²) in [6.45, 7) is 3.69. The van der Waals surface area contributed by atoms with E-state index in [0.29, 0.717) is 24.3 Å². The van der Waals surface area contributed by atoms with Gasteiger partial charge in [-0.3, -0.25) is 9.59 Å². The van der Waals surface area contributed by atoms with E-state index in [2.05, 4.69) is 27.8 Å². The van der Waals surface area contributed by atoms with Gasteiger partial charge in [-0.1, -0.05) is 71.7 Å². The normalized spacial score (nSPS) is 15.8. The summed E-state index contributed by atoms with van der Waals surface area (Å²) in [4.78, 5) is 33.3. The number of unbranched alkanes of at least 4 members (excludes halogenated alkanes) is 1. The Hall–Kier alpha value is -3.19. The molecular formula is C27H28BrN3O3. The number of amides is 1. The largest absolute Gasteiger partial charge is 0.488 e. The molecule has 2 aromatic carbocycles. The molecule has 3 aromatic rings. The van der Waals surface area contributed by atoms with Gasteiger partial charge < -0.3 is 14.2 Å². The van der Waals surface area contributed by atoms with Crippen molar-refractivity contribution in [3.63, 3.8) is 0 Å². The summed E-state index contributed by atoms with van der Waals surface area (Å²) in [5.41, 5.74) is 1.84. The minimum absolute atomic E-state index is 0.175. The highest BCUT2D eigenvalue weighted by Crippen LogP contribution is 2.40. The molecule has 1 atom stereocenters. The number of hydrogen-bond donors (Lipinski definition) is 0. The van der Waals surface area contributed by atoms with E-state index in [1.807, 2.05) is 53.2 Å². The van der Waals surface area contributed by atoms with Gasteiger partial charge in [0.05, 0.1) is 24.5 Å². The van der Waals surface area contributed by atoms with E-state index in [1.165, 1.54) is 0 Å². The predicted molar refractivity (Wildman–Crippen MR) is 134 cm³/mol. The number of Topliss-reactive ketones (excluding diaryl/α,β-unsaturated/α-hetero) is 1. The van der Waals surface area contributed by atoms with Gasteiger partial charge in [0, 0.05) is 35.5 Å². The molecule has 0 bridgehead atoms. The minimum Gasteiger partial charge on any atom is -0.488 e. The van der Waals surface area contributed by atoms with Gasteiger partial charge >= 0.3 is 0 Å². The Balaban J connectivity index is 1.72. The molecule has 4 rings (SSSR count). The van der Waals surface area contributed by atoms with Crippen LogP contribution in [0.3, 0.4) is 0 Å². The number of rotatable bonds is 11. The SMILES string of the molecule is CCCCOC1=C(C(=O)c2ccccc2)C(c2ccc(Br)cc2)N(CCCn2ccnc2)C1=O. The molecule has 6 nitrogen and oxygen atoms in total. The number of halogens is 1. The van der Waals surface area contributed by atoms with Gasteiger partial charge in [0.15, 0.2) is 11.5 Å². The lowest BCUT2D eigenvalue weighted by Gasteiger charge is -2.27. The van der Waals surface area contributed by atoms with E-state index in [-0.39, 0.29) is 17.4 Å². The Morgan fingerprint density at radius 2 is 1.82 bits per heavy atom. The number of carbonyl (C=O) groups excluding carboxylic acids is 2. The van der Waals surface area contributed by atoms with Crippen molar-refractivity contribution < 1.29 is 14.3 Å². The monoisotopic (exact) mass is 521 g/mol. The molecule has 0 spiro atoms. The summed E-state index contributed by atoms with van der Waals surface area (Å²) in [7, 11) is 0. The van der Waals surface area contributed by atoms with Crippen molar-refractivity contribution in [3.8, 4) is 0 Å². The summed E-state index contributed by atoms with van der Waals surface area (Å²) < 4.78 is 8.93. The summed E-state index contributed by atoms with van der Waals surface area (Å²) in [6, 6.07) is 16.4. The second-order valence-electron chi connectivity index (χ2n) is 8.25. The van der Waals surface area contributed by atoms with Crippen molar-refractivity contribution in [1.29, 1.82) is 0 Å². The fourth-order valence-corrected chi connectivity index (χ4v) is 4.40. The average molecular weight is 522 g/mol. The first-order chi connectivity index (χ1) is 16.6. The number of aryl methyl sites for hydroxylation is 1. The molecule has 1 aliphatic heterocycles. The Labute approximate surface area is 208 Å². The molecule has 1 aromatic heterocycles. The smallest absolute Gasteiger partial charge is 0.290 e. The fraction of sp³-hybridized carbons (Fsp3) is 0.296. The van der Waals surface area contributed by atoms with Crippen LogP contribution in [0.2, 0.25) is 0 Å². The van der Waals surface area contributed by atoms with Crippen LogP contribution in [0, 0.1) is 0 Å². The van der Waals surface area contributed by atoms with Crippen molar-refractivity contribution >= 4 is 27.6 Å². The third-order valence-electron chi connectivity index (χ3n) is 5.87. The highest BCUT2D eigenvalue weighted by molar-refractivity contribution is 9.10. The van der Waals surface area contributed by atoms with Crippen LogP contribution in [0.4, 0.5) is 0 Å². The number of aromatic nitrogens is 2. The topological polar surface area (TPSA) is 64.4 Å². The lowest BCUT2D eigenvalue weighted by molar-refractivity contribution is -0.130. The van der Waals surface area contributed by atoms with E-state index in [9.17, 15) is 9.59 Å². The summed E-state index contributed by atoms with van der Waals surface area (Å²) in [5, 5.41) is 0. The van der Waals surface area contributed by atoms with Crippen LogP contribution in [0.1, 0.15) is 48.1 Å². The maximum Gasteiger partial charge on any atom is 0.290 e. The van der Waals surface area contributed by atoms with Crippen molar-refractivity contribution in [1.82, 2.24) is 14.5 Å². The summed E-state index contributed by atoms with van der Waals surface area (Å²) >= 11 is 3.49. The Kier molecular flexibility index (Phi) is 7.95. The van der Waals surface area contributed by atoms with Crippen LogP contribution in [0.15, 0.2) is 89.1 Å². The first kappa shape index (κ1) is 24.0. The van der Waals surface area contributed by atoms with E-state index >= 15 is 0 Å². The molecule has 0 N–H and O–H groups in total. The second kappa shape index (κ2) is 11.3. The number of carbonyl (C=O) groups is 2. The highest BCUT2D eigenvalue weighted by Gasteiger charge is 2.44. The summed E-state index contributed by atoms with van der Waals surface area (Å²) in [6.07, 6.45) is 7.88. The zero-order valence-corrected chi connectivity index (χ0v) is 20.8. The molecule has 0 radical (unpaired) electrons. The van der Waals surface area contributed by atoms with Crippen molar-refractivity contribution in [2.24, 2.45) is 0 Å². The van der Waals surface area contributed by atoms with Gasteiger partial charge in [-0.25, -0.2) is 4.98 Å². The van der Waals surface area contributed by atoms with Gasteiger partial charge in [0.2, 0.25) is 0 Å². The number of ether oxygens (including phenoxy) is 1. The maximum absolute atomic E-state index is 13.8. The van der Waals surface area contributed by atoms with Gasteiger partial charge in [0.1, 0.15) is 0 Å². The molecule has 0 aliphatic carbocycles. The zero-order chi connectivity index (χ0) is 23.9. The predicted octanol–water partition coefficient (Wildman–Crippen LogP) is 5.57. The molecule has 0 fully saturated rings. The number of nitrogens with zero attached hydrogens (tertiary/aromatic N) is 3. The molecule has 176 valence electrons. The number of benzene rings is 2. The lowest BCUT2D eigenvalue weighted by Crippen LogP contribution is -2.32. The van der Waals surface area contributed by atoms with Gasteiger partial charge in [0.25, 0.3) is 5.91 Å². The molecule has 34 heavy (non-hydrogen) atoms. The van der Waals surface area contributed by atoms with Crippen LogP contribution in [-0.2, 0) is 16.1 Å². The molecule has 0 saturated heterocycles. The molecule has 1 aliphatic rings. The number of imidazole rings is 1. The summed E-state index contributed by atoms with van der Waals surface area (Å²) in [5.74, 6) is -0.225. The maximum atomic E-state index is 13.8. The Morgan fingerprint density at radius 1 is 1.06 bits per heavy atom. The third kappa shape index (κ3) is 5.30. The standard InChI is InChI=1S/C27H28BrN3O3/c1-2-3-18-34-26-23(25(32)21-8-5-4-6-9-21)24(20-10-12-22(28)13-11-20)31(27(26)33)16-7-15-30-17-14-29-19-30/h4-6,8-14,17,19,24H,2-3,7,15-16,18H2,1H3. The van der Waals surface area contributed by atoms with Crippen LogP contribution >= 0.6 is 15.9 Å². The lowest BCUT2D eigenvalue weighted by atomic mass is 9.92. The number of hydrogen-bond acceptors (Lipinski definition) is 4.